The third-order valence-corrected chi connectivity index (χ3v) is 2.80. The van der Waals surface area contributed by atoms with Crippen LogP contribution in [0.3, 0.4) is 0 Å². The average molecular weight is 284 g/mol. The summed E-state index contributed by atoms with van der Waals surface area (Å²) in [6.45, 7) is 12.9. The van der Waals surface area contributed by atoms with E-state index in [2.05, 4.69) is 32.1 Å². The first-order valence-corrected chi connectivity index (χ1v) is 7.33. The number of carbonyl (C=O) groups excluding carboxylic acids is 2. The average Bonchev–Trinajstić information content (AvgIpc) is 2.27. The zero-order valence-corrected chi connectivity index (χ0v) is 13.2. The Labute approximate surface area is 122 Å². The maximum Gasteiger partial charge on any atom is 0.317 e. The molecule has 20 heavy (non-hydrogen) atoms. The van der Waals surface area contributed by atoms with Crippen LogP contribution in [0.25, 0.3) is 0 Å². The SMILES string of the molecule is C=C(CC(C)C)CC(C)CCOC(=O)CC(=O)OCC. The summed E-state index contributed by atoms with van der Waals surface area (Å²) in [5.74, 6) is 0.00117. The van der Waals surface area contributed by atoms with Gasteiger partial charge in [-0.25, -0.2) is 0 Å². The van der Waals surface area contributed by atoms with E-state index in [-0.39, 0.29) is 13.0 Å². The molecule has 0 bridgehead atoms. The summed E-state index contributed by atoms with van der Waals surface area (Å²) >= 11 is 0. The molecule has 0 rings (SSSR count). The van der Waals surface area contributed by atoms with Crippen LogP contribution in [0, 0.1) is 11.8 Å². The maximum atomic E-state index is 11.3. The summed E-state index contributed by atoms with van der Waals surface area (Å²) in [5.41, 5.74) is 1.24. The van der Waals surface area contributed by atoms with Gasteiger partial charge in [-0.2, -0.15) is 0 Å². The molecule has 0 radical (unpaired) electrons. The van der Waals surface area contributed by atoms with Gasteiger partial charge < -0.3 is 9.47 Å². The lowest BCUT2D eigenvalue weighted by atomic mass is 9.94. The molecular formula is C16H28O4. The fourth-order valence-electron chi connectivity index (χ4n) is 2.01. The number of carbonyl (C=O) groups is 2. The van der Waals surface area contributed by atoms with E-state index >= 15 is 0 Å². The summed E-state index contributed by atoms with van der Waals surface area (Å²) < 4.78 is 9.70. The Morgan fingerprint density at radius 3 is 2.20 bits per heavy atom. The first-order chi connectivity index (χ1) is 9.35. The molecule has 0 saturated carbocycles. The van der Waals surface area contributed by atoms with E-state index in [9.17, 15) is 9.59 Å². The van der Waals surface area contributed by atoms with Crippen LogP contribution >= 0.6 is 0 Å². The molecule has 1 atom stereocenters. The Morgan fingerprint density at radius 1 is 1.05 bits per heavy atom. The molecule has 0 amide bonds. The van der Waals surface area contributed by atoms with Crippen molar-refractivity contribution in [2.75, 3.05) is 13.2 Å². The molecular weight excluding hydrogens is 256 g/mol. The highest BCUT2D eigenvalue weighted by Gasteiger charge is 2.12. The molecule has 0 aromatic heterocycles. The predicted molar refractivity (Wildman–Crippen MR) is 79.2 cm³/mol. The third-order valence-electron chi connectivity index (χ3n) is 2.80. The molecule has 0 fully saturated rings. The van der Waals surface area contributed by atoms with E-state index < -0.39 is 11.9 Å². The topological polar surface area (TPSA) is 52.6 Å². The lowest BCUT2D eigenvalue weighted by molar-refractivity contribution is -0.154. The number of ether oxygens (including phenoxy) is 2. The van der Waals surface area contributed by atoms with Gasteiger partial charge in [0.15, 0.2) is 0 Å². The molecule has 116 valence electrons. The minimum Gasteiger partial charge on any atom is -0.466 e. The zero-order valence-electron chi connectivity index (χ0n) is 13.2. The molecule has 0 saturated heterocycles. The van der Waals surface area contributed by atoms with Crippen LogP contribution in [0.1, 0.15) is 53.4 Å². The predicted octanol–water partition coefficient (Wildman–Crippen LogP) is 3.50. The van der Waals surface area contributed by atoms with Crippen molar-refractivity contribution in [2.24, 2.45) is 11.8 Å². The quantitative estimate of drug-likeness (QED) is 0.350. The maximum absolute atomic E-state index is 11.3. The molecule has 4 heteroatoms. The second-order valence-electron chi connectivity index (χ2n) is 5.65. The fraction of sp³-hybridized carbons (Fsp3) is 0.750. The van der Waals surface area contributed by atoms with Crippen LogP contribution in [-0.4, -0.2) is 25.2 Å². The Kier molecular flexibility index (Phi) is 9.77. The molecule has 0 aromatic rings. The van der Waals surface area contributed by atoms with Crippen LogP contribution < -0.4 is 0 Å². The van der Waals surface area contributed by atoms with Crippen molar-refractivity contribution in [1.29, 1.82) is 0 Å². The molecule has 0 N–H and O–H groups in total. The van der Waals surface area contributed by atoms with Crippen LogP contribution in [0.5, 0.6) is 0 Å². The summed E-state index contributed by atoms with van der Waals surface area (Å²) in [4.78, 5) is 22.4. The van der Waals surface area contributed by atoms with E-state index in [0.29, 0.717) is 18.4 Å². The van der Waals surface area contributed by atoms with Crippen molar-refractivity contribution < 1.29 is 19.1 Å². The highest BCUT2D eigenvalue weighted by Crippen LogP contribution is 2.19. The first kappa shape index (κ1) is 18.7. The molecule has 1 unspecified atom stereocenters. The van der Waals surface area contributed by atoms with Crippen molar-refractivity contribution in [1.82, 2.24) is 0 Å². The Bertz CT molecular complexity index is 320. The molecule has 0 aromatic carbocycles. The van der Waals surface area contributed by atoms with E-state index in [1.54, 1.807) is 6.92 Å². The molecule has 0 aliphatic rings. The van der Waals surface area contributed by atoms with E-state index in [1.807, 2.05) is 0 Å². The van der Waals surface area contributed by atoms with Crippen LogP contribution in [0.2, 0.25) is 0 Å². The minimum atomic E-state index is -0.532. The zero-order chi connectivity index (χ0) is 15.5. The normalized spacial score (nSPS) is 12.1. The van der Waals surface area contributed by atoms with E-state index in [4.69, 9.17) is 4.74 Å². The number of hydrogen-bond acceptors (Lipinski definition) is 4. The highest BCUT2D eigenvalue weighted by molar-refractivity contribution is 5.91. The number of hydrogen-bond donors (Lipinski definition) is 0. The number of esters is 2. The summed E-state index contributed by atoms with van der Waals surface area (Å²) in [5, 5.41) is 0. The summed E-state index contributed by atoms with van der Waals surface area (Å²) in [6, 6.07) is 0. The lowest BCUT2D eigenvalue weighted by Crippen LogP contribution is -2.15. The van der Waals surface area contributed by atoms with Gasteiger partial charge in [-0.05, 0) is 38.0 Å². The second-order valence-corrected chi connectivity index (χ2v) is 5.65. The molecule has 0 aliphatic carbocycles. The van der Waals surface area contributed by atoms with Crippen molar-refractivity contribution in [2.45, 2.75) is 53.4 Å². The summed E-state index contributed by atoms with van der Waals surface area (Å²) in [6.07, 6.45) is 2.47. The number of rotatable bonds is 10. The van der Waals surface area contributed by atoms with Gasteiger partial charge in [0, 0.05) is 0 Å². The smallest absolute Gasteiger partial charge is 0.317 e. The van der Waals surface area contributed by atoms with E-state index in [1.165, 1.54) is 5.57 Å². The van der Waals surface area contributed by atoms with Gasteiger partial charge in [0.25, 0.3) is 0 Å². The molecule has 0 heterocycles. The monoisotopic (exact) mass is 284 g/mol. The molecule has 4 nitrogen and oxygen atoms in total. The van der Waals surface area contributed by atoms with Gasteiger partial charge in [-0.15, -0.1) is 0 Å². The van der Waals surface area contributed by atoms with E-state index in [0.717, 1.165) is 19.3 Å². The first-order valence-electron chi connectivity index (χ1n) is 7.33. The minimum absolute atomic E-state index is 0.279. The Hall–Kier alpha value is -1.32. The Morgan fingerprint density at radius 2 is 1.65 bits per heavy atom. The number of allylic oxidation sites excluding steroid dienone is 1. The summed E-state index contributed by atoms with van der Waals surface area (Å²) in [7, 11) is 0. The molecule has 0 spiro atoms. The fourth-order valence-corrected chi connectivity index (χ4v) is 2.01. The van der Waals surface area contributed by atoms with Gasteiger partial charge in [0.05, 0.1) is 13.2 Å². The highest BCUT2D eigenvalue weighted by atomic mass is 16.6. The van der Waals surface area contributed by atoms with Gasteiger partial charge in [0.1, 0.15) is 6.42 Å². The van der Waals surface area contributed by atoms with Gasteiger partial charge in [-0.3, -0.25) is 9.59 Å². The Balaban J connectivity index is 3.75. The van der Waals surface area contributed by atoms with Gasteiger partial charge in [-0.1, -0.05) is 32.9 Å². The van der Waals surface area contributed by atoms with Crippen molar-refractivity contribution in [3.8, 4) is 0 Å². The van der Waals surface area contributed by atoms with Crippen molar-refractivity contribution >= 4 is 11.9 Å². The van der Waals surface area contributed by atoms with Crippen LogP contribution in [0.15, 0.2) is 12.2 Å². The van der Waals surface area contributed by atoms with Crippen LogP contribution in [-0.2, 0) is 19.1 Å². The lowest BCUT2D eigenvalue weighted by Gasteiger charge is -2.14. The standard InChI is InChI=1S/C16H28O4/c1-6-19-15(17)11-16(18)20-8-7-13(4)10-14(5)9-12(2)3/h12-13H,5-11H2,1-4H3. The van der Waals surface area contributed by atoms with Crippen molar-refractivity contribution in [3.63, 3.8) is 0 Å². The van der Waals surface area contributed by atoms with Crippen LogP contribution in [0.4, 0.5) is 0 Å². The molecule has 0 aliphatic heterocycles. The largest absolute Gasteiger partial charge is 0.466 e. The third kappa shape index (κ3) is 10.6. The van der Waals surface area contributed by atoms with Crippen molar-refractivity contribution in [3.05, 3.63) is 12.2 Å². The van der Waals surface area contributed by atoms with Gasteiger partial charge >= 0.3 is 11.9 Å². The second kappa shape index (κ2) is 10.5. The van der Waals surface area contributed by atoms with Gasteiger partial charge in [0.2, 0.25) is 0 Å².